The van der Waals surface area contributed by atoms with Crippen LogP contribution in [0.25, 0.3) is 0 Å². The average Bonchev–Trinajstić information content (AvgIpc) is 2.38. The van der Waals surface area contributed by atoms with Crippen molar-refractivity contribution in [2.75, 3.05) is 26.7 Å². The first kappa shape index (κ1) is 15.1. The Labute approximate surface area is 120 Å². The van der Waals surface area contributed by atoms with E-state index in [1.165, 1.54) is 0 Å². The first-order valence-electron chi connectivity index (χ1n) is 7.53. The summed E-state index contributed by atoms with van der Waals surface area (Å²) in [6.07, 6.45) is 4.19. The van der Waals surface area contributed by atoms with Gasteiger partial charge in [-0.3, -0.25) is 9.79 Å². The molecule has 6 heteroatoms. The normalized spacial score (nSPS) is 26.1. The second kappa shape index (κ2) is 6.43. The molecule has 0 aromatic carbocycles. The summed E-state index contributed by atoms with van der Waals surface area (Å²) >= 11 is 0. The lowest BCUT2D eigenvalue weighted by atomic mass is 9.80. The number of likely N-dealkylation sites (N-methyl/N-ethyl adjacent to an activating group) is 1. The molecule has 1 atom stereocenters. The molecule has 114 valence electrons. The third-order valence-corrected chi connectivity index (χ3v) is 4.13. The molecule has 0 radical (unpaired) electrons. The number of rotatable bonds is 4. The molecule has 2 fully saturated rings. The smallest absolute Gasteiger partial charge is 0.222 e. The van der Waals surface area contributed by atoms with Gasteiger partial charge in [0.05, 0.1) is 12.1 Å². The van der Waals surface area contributed by atoms with Crippen molar-refractivity contribution in [3.63, 3.8) is 0 Å². The lowest BCUT2D eigenvalue weighted by Crippen LogP contribution is -2.52. The summed E-state index contributed by atoms with van der Waals surface area (Å²) in [5.41, 5.74) is -0.596. The number of hydrogen-bond acceptors (Lipinski definition) is 3. The van der Waals surface area contributed by atoms with E-state index in [1.807, 2.05) is 14.0 Å². The van der Waals surface area contributed by atoms with E-state index in [-0.39, 0.29) is 11.9 Å². The number of carbonyl (C=O) groups excluding carboxylic acids is 1. The van der Waals surface area contributed by atoms with Crippen LogP contribution in [0.2, 0.25) is 0 Å². The minimum atomic E-state index is -0.596. The minimum Gasteiger partial charge on any atom is -0.388 e. The summed E-state index contributed by atoms with van der Waals surface area (Å²) in [6, 6.07) is 0.228. The van der Waals surface area contributed by atoms with Crippen molar-refractivity contribution in [2.24, 2.45) is 4.99 Å². The standard InChI is InChI=1S/C14H26N4O2/c1-3-15-13(16-10-14(20)7-4-8-14)17-11-5-6-12(19)18(2)9-11/h11,20H,3-10H2,1-2H3,(H2,15,16,17). The van der Waals surface area contributed by atoms with Crippen LogP contribution in [0.4, 0.5) is 0 Å². The van der Waals surface area contributed by atoms with Crippen molar-refractivity contribution in [1.82, 2.24) is 15.5 Å². The van der Waals surface area contributed by atoms with Crippen molar-refractivity contribution < 1.29 is 9.90 Å². The first-order valence-corrected chi connectivity index (χ1v) is 7.53. The first-order chi connectivity index (χ1) is 9.52. The van der Waals surface area contributed by atoms with Crippen LogP contribution in [-0.4, -0.2) is 60.2 Å². The van der Waals surface area contributed by atoms with Crippen LogP contribution in [0.3, 0.4) is 0 Å². The molecular weight excluding hydrogens is 256 g/mol. The van der Waals surface area contributed by atoms with Crippen LogP contribution in [-0.2, 0) is 4.79 Å². The molecule has 1 saturated heterocycles. The van der Waals surface area contributed by atoms with Gasteiger partial charge in [0.2, 0.25) is 5.91 Å². The second-order valence-electron chi connectivity index (χ2n) is 5.93. The van der Waals surface area contributed by atoms with E-state index in [1.54, 1.807) is 4.90 Å². The third kappa shape index (κ3) is 3.85. The van der Waals surface area contributed by atoms with Gasteiger partial charge in [-0.1, -0.05) is 0 Å². The average molecular weight is 282 g/mol. The molecule has 3 N–H and O–H groups in total. The highest BCUT2D eigenvalue weighted by atomic mass is 16.3. The molecule has 0 aromatic rings. The summed E-state index contributed by atoms with van der Waals surface area (Å²) < 4.78 is 0. The van der Waals surface area contributed by atoms with Crippen LogP contribution in [0.1, 0.15) is 39.0 Å². The zero-order valence-corrected chi connectivity index (χ0v) is 12.5. The zero-order valence-electron chi connectivity index (χ0n) is 12.5. The van der Waals surface area contributed by atoms with Crippen LogP contribution in [0.15, 0.2) is 4.99 Å². The number of likely N-dealkylation sites (tertiary alicyclic amines) is 1. The summed E-state index contributed by atoms with van der Waals surface area (Å²) in [6.45, 7) is 3.95. The van der Waals surface area contributed by atoms with Crippen LogP contribution in [0.5, 0.6) is 0 Å². The van der Waals surface area contributed by atoms with E-state index in [0.29, 0.717) is 19.5 Å². The van der Waals surface area contributed by atoms with Gasteiger partial charge in [0.1, 0.15) is 0 Å². The Morgan fingerprint density at radius 2 is 2.30 bits per heavy atom. The number of aliphatic hydroxyl groups is 1. The van der Waals surface area contributed by atoms with Gasteiger partial charge < -0.3 is 20.6 Å². The molecule has 0 spiro atoms. The largest absolute Gasteiger partial charge is 0.388 e. The molecule has 1 amide bonds. The molecule has 2 rings (SSSR count). The lowest BCUT2D eigenvalue weighted by molar-refractivity contribution is -0.132. The maximum absolute atomic E-state index is 11.5. The van der Waals surface area contributed by atoms with Crippen molar-refractivity contribution in [3.05, 3.63) is 0 Å². The van der Waals surface area contributed by atoms with Crippen molar-refractivity contribution in [2.45, 2.75) is 50.7 Å². The van der Waals surface area contributed by atoms with E-state index in [2.05, 4.69) is 15.6 Å². The molecule has 1 aliphatic heterocycles. The van der Waals surface area contributed by atoms with Crippen LogP contribution < -0.4 is 10.6 Å². The molecule has 1 saturated carbocycles. The summed E-state index contributed by atoms with van der Waals surface area (Å²) in [4.78, 5) is 17.7. The van der Waals surface area contributed by atoms with E-state index in [9.17, 15) is 9.90 Å². The molecule has 0 aromatic heterocycles. The number of aliphatic imine (C=N–C) groups is 1. The Balaban J connectivity index is 1.88. The third-order valence-electron chi connectivity index (χ3n) is 4.13. The fraction of sp³-hybridized carbons (Fsp3) is 0.857. The van der Waals surface area contributed by atoms with Gasteiger partial charge in [0.15, 0.2) is 5.96 Å². The highest BCUT2D eigenvalue weighted by Gasteiger charge is 2.34. The SMILES string of the molecule is CCNC(=NCC1(O)CCC1)NC1CCC(=O)N(C)C1. The fourth-order valence-electron chi connectivity index (χ4n) is 2.61. The maximum atomic E-state index is 11.5. The lowest BCUT2D eigenvalue weighted by Gasteiger charge is -2.35. The van der Waals surface area contributed by atoms with Crippen molar-refractivity contribution in [1.29, 1.82) is 0 Å². The molecule has 2 aliphatic rings. The number of carbonyl (C=O) groups is 1. The summed E-state index contributed by atoms with van der Waals surface area (Å²) in [5, 5.41) is 16.7. The predicted molar refractivity (Wildman–Crippen MR) is 78.6 cm³/mol. The van der Waals surface area contributed by atoms with E-state index in [4.69, 9.17) is 0 Å². The maximum Gasteiger partial charge on any atom is 0.222 e. The van der Waals surface area contributed by atoms with Crippen molar-refractivity contribution >= 4 is 11.9 Å². The Morgan fingerprint density at radius 3 is 2.85 bits per heavy atom. The van der Waals surface area contributed by atoms with Gasteiger partial charge in [-0.2, -0.15) is 0 Å². The quantitative estimate of drug-likeness (QED) is 0.504. The van der Waals surface area contributed by atoms with Gasteiger partial charge in [-0.05, 0) is 32.6 Å². The summed E-state index contributed by atoms with van der Waals surface area (Å²) in [5.74, 6) is 0.939. The number of piperidine rings is 1. The minimum absolute atomic E-state index is 0.203. The number of amides is 1. The Bertz CT molecular complexity index is 379. The van der Waals surface area contributed by atoms with E-state index < -0.39 is 5.60 Å². The molecule has 6 nitrogen and oxygen atoms in total. The monoisotopic (exact) mass is 282 g/mol. The van der Waals surface area contributed by atoms with E-state index >= 15 is 0 Å². The fourth-order valence-corrected chi connectivity index (χ4v) is 2.61. The Kier molecular flexibility index (Phi) is 4.86. The van der Waals surface area contributed by atoms with Gasteiger partial charge >= 0.3 is 0 Å². The topological polar surface area (TPSA) is 77.0 Å². The molecule has 20 heavy (non-hydrogen) atoms. The Hall–Kier alpha value is -1.30. The van der Waals surface area contributed by atoms with Crippen LogP contribution >= 0.6 is 0 Å². The van der Waals surface area contributed by atoms with Gasteiger partial charge in [-0.15, -0.1) is 0 Å². The van der Waals surface area contributed by atoms with Gasteiger partial charge in [0.25, 0.3) is 0 Å². The number of guanidine groups is 1. The number of hydrogen-bond donors (Lipinski definition) is 3. The summed E-state index contributed by atoms with van der Waals surface area (Å²) in [7, 11) is 1.83. The molecule has 0 bridgehead atoms. The molecular formula is C14H26N4O2. The van der Waals surface area contributed by atoms with Gasteiger partial charge in [0, 0.05) is 32.6 Å². The highest BCUT2D eigenvalue weighted by Crippen LogP contribution is 2.31. The molecule has 1 aliphatic carbocycles. The molecule has 1 heterocycles. The number of nitrogens with one attached hydrogen (secondary N) is 2. The highest BCUT2D eigenvalue weighted by molar-refractivity contribution is 5.81. The molecule has 1 unspecified atom stereocenters. The number of nitrogens with zero attached hydrogens (tertiary/aromatic N) is 2. The second-order valence-corrected chi connectivity index (χ2v) is 5.93. The van der Waals surface area contributed by atoms with Crippen molar-refractivity contribution in [3.8, 4) is 0 Å². The van der Waals surface area contributed by atoms with E-state index in [0.717, 1.165) is 38.2 Å². The predicted octanol–water partition coefficient (Wildman–Crippen LogP) is 0.0773. The van der Waals surface area contributed by atoms with Gasteiger partial charge in [-0.25, -0.2) is 0 Å². The van der Waals surface area contributed by atoms with Crippen LogP contribution in [0, 0.1) is 0 Å². The Morgan fingerprint density at radius 1 is 1.55 bits per heavy atom. The zero-order chi connectivity index (χ0) is 14.6.